The number of hydrogen-bond donors (Lipinski definition) is 1. The predicted octanol–water partition coefficient (Wildman–Crippen LogP) is 4.16. The summed E-state index contributed by atoms with van der Waals surface area (Å²) < 4.78 is 44.4. The zero-order valence-electron chi connectivity index (χ0n) is 19.8. The van der Waals surface area contributed by atoms with Crippen molar-refractivity contribution >= 4 is 27.3 Å². The standard InChI is InChI=1S/C25H28N2O6S/c1-17-6-10-20(11-7-17)34(29,30)27(22-14-18(2)8-12-24(22)33-5)16-25(28)26-21-15-19(31-3)9-13-23(21)32-4/h6-15H,16H2,1-5H3,(H,26,28). The van der Waals surface area contributed by atoms with E-state index >= 15 is 0 Å². The van der Waals surface area contributed by atoms with Crippen LogP contribution in [-0.4, -0.2) is 42.2 Å². The van der Waals surface area contributed by atoms with Crippen LogP contribution >= 0.6 is 0 Å². The molecule has 0 saturated heterocycles. The molecule has 0 atom stereocenters. The second-order valence-corrected chi connectivity index (χ2v) is 9.48. The molecule has 9 heteroatoms. The van der Waals surface area contributed by atoms with Gasteiger partial charge in [-0.15, -0.1) is 0 Å². The van der Waals surface area contributed by atoms with E-state index in [4.69, 9.17) is 14.2 Å². The minimum atomic E-state index is -4.10. The monoisotopic (exact) mass is 484 g/mol. The Morgan fingerprint density at radius 2 is 1.44 bits per heavy atom. The maximum Gasteiger partial charge on any atom is 0.264 e. The van der Waals surface area contributed by atoms with Gasteiger partial charge in [0.1, 0.15) is 23.8 Å². The summed E-state index contributed by atoms with van der Waals surface area (Å²) in [7, 11) is 0.334. The second-order valence-electron chi connectivity index (χ2n) is 7.61. The molecule has 0 aliphatic heterocycles. The molecule has 0 radical (unpaired) electrons. The molecule has 0 aromatic heterocycles. The number of nitrogens with zero attached hydrogens (tertiary/aromatic N) is 1. The highest BCUT2D eigenvalue weighted by atomic mass is 32.2. The van der Waals surface area contributed by atoms with Crippen LogP contribution in [0.25, 0.3) is 0 Å². The van der Waals surface area contributed by atoms with Crippen molar-refractivity contribution in [3.63, 3.8) is 0 Å². The van der Waals surface area contributed by atoms with Crippen molar-refractivity contribution in [2.24, 2.45) is 0 Å². The van der Waals surface area contributed by atoms with Gasteiger partial charge in [-0.05, 0) is 55.8 Å². The number of hydrogen-bond acceptors (Lipinski definition) is 6. The van der Waals surface area contributed by atoms with Crippen LogP contribution in [0.1, 0.15) is 11.1 Å². The fourth-order valence-electron chi connectivity index (χ4n) is 3.36. The van der Waals surface area contributed by atoms with Crippen LogP contribution in [0.3, 0.4) is 0 Å². The van der Waals surface area contributed by atoms with Crippen molar-refractivity contribution in [2.75, 3.05) is 37.5 Å². The molecular weight excluding hydrogens is 456 g/mol. The Hall–Kier alpha value is -3.72. The number of carbonyl (C=O) groups excluding carboxylic acids is 1. The van der Waals surface area contributed by atoms with Gasteiger partial charge < -0.3 is 19.5 Å². The highest BCUT2D eigenvalue weighted by Gasteiger charge is 2.30. The maximum atomic E-state index is 13.7. The molecule has 0 saturated carbocycles. The summed E-state index contributed by atoms with van der Waals surface area (Å²) in [4.78, 5) is 13.2. The first-order chi connectivity index (χ1) is 16.2. The number of methoxy groups -OCH3 is 3. The van der Waals surface area contributed by atoms with Crippen molar-refractivity contribution in [1.82, 2.24) is 0 Å². The lowest BCUT2D eigenvalue weighted by Crippen LogP contribution is -2.38. The molecule has 0 heterocycles. The van der Waals surface area contributed by atoms with Crippen molar-refractivity contribution in [3.05, 3.63) is 71.8 Å². The molecule has 1 N–H and O–H groups in total. The average molecular weight is 485 g/mol. The minimum Gasteiger partial charge on any atom is -0.497 e. The Morgan fingerprint density at radius 1 is 0.824 bits per heavy atom. The Balaban J connectivity index is 2.04. The molecule has 34 heavy (non-hydrogen) atoms. The van der Waals surface area contributed by atoms with Gasteiger partial charge in [0.25, 0.3) is 10.0 Å². The molecule has 0 bridgehead atoms. The van der Waals surface area contributed by atoms with Crippen LogP contribution in [0.5, 0.6) is 17.2 Å². The zero-order chi connectivity index (χ0) is 24.9. The van der Waals surface area contributed by atoms with E-state index in [0.29, 0.717) is 22.9 Å². The minimum absolute atomic E-state index is 0.0634. The van der Waals surface area contributed by atoms with Gasteiger partial charge in [0, 0.05) is 6.07 Å². The third kappa shape index (κ3) is 5.43. The van der Waals surface area contributed by atoms with E-state index in [1.54, 1.807) is 48.5 Å². The number of rotatable bonds is 9. The lowest BCUT2D eigenvalue weighted by molar-refractivity contribution is -0.114. The summed E-state index contributed by atoms with van der Waals surface area (Å²) in [5.74, 6) is 0.690. The van der Waals surface area contributed by atoms with Gasteiger partial charge in [-0.1, -0.05) is 23.8 Å². The quantitative estimate of drug-likeness (QED) is 0.490. The Kier molecular flexibility index (Phi) is 7.68. The number of carbonyl (C=O) groups is 1. The number of amides is 1. The van der Waals surface area contributed by atoms with Gasteiger partial charge in [-0.2, -0.15) is 0 Å². The zero-order valence-corrected chi connectivity index (χ0v) is 20.6. The summed E-state index contributed by atoms with van der Waals surface area (Å²) in [6, 6.07) is 16.5. The largest absolute Gasteiger partial charge is 0.497 e. The third-order valence-corrected chi connectivity index (χ3v) is 6.95. The van der Waals surface area contributed by atoms with Crippen molar-refractivity contribution < 1.29 is 27.4 Å². The molecule has 180 valence electrons. The molecule has 0 spiro atoms. The summed E-state index contributed by atoms with van der Waals surface area (Å²) in [5.41, 5.74) is 2.35. The van der Waals surface area contributed by atoms with E-state index in [2.05, 4.69) is 5.32 Å². The fraction of sp³-hybridized carbons (Fsp3) is 0.240. The van der Waals surface area contributed by atoms with E-state index in [9.17, 15) is 13.2 Å². The van der Waals surface area contributed by atoms with Crippen LogP contribution in [0.2, 0.25) is 0 Å². The normalized spacial score (nSPS) is 11.0. The van der Waals surface area contributed by atoms with E-state index in [1.807, 2.05) is 13.8 Å². The third-order valence-electron chi connectivity index (χ3n) is 5.18. The van der Waals surface area contributed by atoms with Crippen LogP contribution in [0, 0.1) is 13.8 Å². The second kappa shape index (κ2) is 10.5. The number of nitrogens with one attached hydrogen (secondary N) is 1. The van der Waals surface area contributed by atoms with Crippen LogP contribution in [0.15, 0.2) is 65.6 Å². The molecule has 0 aliphatic carbocycles. The van der Waals surface area contributed by atoms with Crippen molar-refractivity contribution in [3.8, 4) is 17.2 Å². The molecule has 1 amide bonds. The summed E-state index contributed by atoms with van der Waals surface area (Å²) in [6.07, 6.45) is 0. The summed E-state index contributed by atoms with van der Waals surface area (Å²) in [6.45, 7) is 3.21. The summed E-state index contributed by atoms with van der Waals surface area (Å²) >= 11 is 0. The van der Waals surface area contributed by atoms with Crippen LogP contribution in [0.4, 0.5) is 11.4 Å². The maximum absolute atomic E-state index is 13.7. The lowest BCUT2D eigenvalue weighted by atomic mass is 10.2. The highest BCUT2D eigenvalue weighted by molar-refractivity contribution is 7.92. The molecule has 3 aromatic carbocycles. The Morgan fingerprint density at radius 3 is 2.06 bits per heavy atom. The van der Waals surface area contributed by atoms with Crippen molar-refractivity contribution in [2.45, 2.75) is 18.7 Å². The van der Waals surface area contributed by atoms with Gasteiger partial charge in [-0.25, -0.2) is 8.42 Å². The molecule has 0 unspecified atom stereocenters. The molecule has 0 fully saturated rings. The first-order valence-electron chi connectivity index (χ1n) is 10.5. The number of ether oxygens (including phenoxy) is 3. The number of aryl methyl sites for hydroxylation is 2. The van der Waals surface area contributed by atoms with E-state index < -0.39 is 22.5 Å². The van der Waals surface area contributed by atoms with Gasteiger partial charge in [-0.3, -0.25) is 9.10 Å². The highest BCUT2D eigenvalue weighted by Crippen LogP contribution is 2.34. The molecule has 3 aromatic rings. The fourth-order valence-corrected chi connectivity index (χ4v) is 4.79. The number of benzene rings is 3. The van der Waals surface area contributed by atoms with E-state index in [0.717, 1.165) is 15.4 Å². The van der Waals surface area contributed by atoms with Crippen LogP contribution < -0.4 is 23.8 Å². The number of anilines is 2. The molecule has 0 aliphatic rings. The average Bonchev–Trinajstić information content (AvgIpc) is 2.82. The SMILES string of the molecule is COc1ccc(OC)c(NC(=O)CN(c2cc(C)ccc2OC)S(=O)(=O)c2ccc(C)cc2)c1. The first-order valence-corrected chi connectivity index (χ1v) is 11.9. The van der Waals surface area contributed by atoms with Crippen molar-refractivity contribution in [1.29, 1.82) is 0 Å². The smallest absolute Gasteiger partial charge is 0.264 e. The van der Waals surface area contributed by atoms with E-state index in [1.165, 1.54) is 33.5 Å². The Bertz CT molecular complexity index is 1270. The number of sulfonamides is 1. The predicted molar refractivity (Wildman–Crippen MR) is 132 cm³/mol. The Labute approximate surface area is 200 Å². The lowest BCUT2D eigenvalue weighted by Gasteiger charge is -2.26. The molecule has 8 nitrogen and oxygen atoms in total. The summed E-state index contributed by atoms with van der Waals surface area (Å²) in [5, 5.41) is 2.73. The van der Waals surface area contributed by atoms with E-state index in [-0.39, 0.29) is 10.6 Å². The van der Waals surface area contributed by atoms with Gasteiger partial charge >= 0.3 is 0 Å². The first kappa shape index (κ1) is 24.9. The molecule has 3 rings (SSSR count). The van der Waals surface area contributed by atoms with Gasteiger partial charge in [0.2, 0.25) is 5.91 Å². The topological polar surface area (TPSA) is 94.2 Å². The van der Waals surface area contributed by atoms with Gasteiger partial charge in [0.05, 0.1) is 37.6 Å². The molecular formula is C25H28N2O6S. The van der Waals surface area contributed by atoms with Gasteiger partial charge in [0.15, 0.2) is 0 Å². The van der Waals surface area contributed by atoms with Crippen LogP contribution in [-0.2, 0) is 14.8 Å².